The highest BCUT2D eigenvalue weighted by Gasteiger charge is 2.28. The van der Waals surface area contributed by atoms with Crippen LogP contribution in [0.4, 0.5) is 4.39 Å². The SMILES string of the molecule is C#CCNS(=O)(=O)c1ccc(C(=O)NCC(c2c(F)cccc2Cl)N2CCCC2)cc1. The molecule has 1 aliphatic heterocycles. The molecule has 6 nitrogen and oxygen atoms in total. The summed E-state index contributed by atoms with van der Waals surface area (Å²) in [5, 5.41) is 3.14. The van der Waals surface area contributed by atoms with Crippen LogP contribution in [0.25, 0.3) is 0 Å². The molecule has 2 aromatic carbocycles. The monoisotopic (exact) mass is 463 g/mol. The number of nitrogens with one attached hydrogen (secondary N) is 2. The molecule has 31 heavy (non-hydrogen) atoms. The largest absolute Gasteiger partial charge is 0.350 e. The zero-order chi connectivity index (χ0) is 22.4. The van der Waals surface area contributed by atoms with Gasteiger partial charge in [0.05, 0.1) is 17.5 Å². The number of rotatable bonds is 8. The fraction of sp³-hybridized carbons (Fsp3) is 0.318. The van der Waals surface area contributed by atoms with Gasteiger partial charge in [-0.05, 0) is 62.3 Å². The van der Waals surface area contributed by atoms with Gasteiger partial charge in [-0.15, -0.1) is 6.42 Å². The number of hydrogen-bond donors (Lipinski definition) is 2. The first kappa shape index (κ1) is 23.2. The van der Waals surface area contributed by atoms with E-state index >= 15 is 0 Å². The molecule has 2 aromatic rings. The minimum atomic E-state index is -3.73. The number of terminal acetylenes is 1. The van der Waals surface area contributed by atoms with Crippen molar-refractivity contribution < 1.29 is 17.6 Å². The van der Waals surface area contributed by atoms with Gasteiger partial charge >= 0.3 is 0 Å². The molecule has 0 aliphatic carbocycles. The average Bonchev–Trinajstić information content (AvgIpc) is 3.29. The van der Waals surface area contributed by atoms with Crippen molar-refractivity contribution in [2.24, 2.45) is 0 Å². The van der Waals surface area contributed by atoms with Crippen LogP contribution < -0.4 is 10.0 Å². The summed E-state index contributed by atoms with van der Waals surface area (Å²) in [5.74, 6) is 1.40. The molecule has 0 aromatic heterocycles. The lowest BCUT2D eigenvalue weighted by molar-refractivity contribution is 0.0937. The van der Waals surface area contributed by atoms with E-state index in [1.54, 1.807) is 12.1 Å². The maximum absolute atomic E-state index is 14.5. The van der Waals surface area contributed by atoms with Crippen molar-refractivity contribution in [2.75, 3.05) is 26.2 Å². The number of amides is 1. The molecular weight excluding hydrogens is 441 g/mol. The number of carbonyl (C=O) groups is 1. The first-order valence-electron chi connectivity index (χ1n) is 9.83. The number of likely N-dealkylation sites (tertiary alicyclic amines) is 1. The first-order valence-corrected chi connectivity index (χ1v) is 11.7. The molecule has 2 N–H and O–H groups in total. The Morgan fingerprint density at radius 3 is 2.48 bits per heavy atom. The summed E-state index contributed by atoms with van der Waals surface area (Å²) < 4.78 is 41.0. The van der Waals surface area contributed by atoms with Crippen LogP contribution in [0.15, 0.2) is 47.4 Å². The smallest absolute Gasteiger partial charge is 0.251 e. The van der Waals surface area contributed by atoms with E-state index in [9.17, 15) is 17.6 Å². The van der Waals surface area contributed by atoms with Crippen molar-refractivity contribution in [1.29, 1.82) is 0 Å². The Morgan fingerprint density at radius 2 is 1.87 bits per heavy atom. The Bertz CT molecular complexity index is 1060. The maximum Gasteiger partial charge on any atom is 0.251 e. The van der Waals surface area contributed by atoms with E-state index in [0.717, 1.165) is 25.9 Å². The lowest BCUT2D eigenvalue weighted by atomic mass is 10.0. The van der Waals surface area contributed by atoms with Crippen molar-refractivity contribution in [1.82, 2.24) is 14.9 Å². The van der Waals surface area contributed by atoms with Gasteiger partial charge in [0.25, 0.3) is 5.91 Å². The third-order valence-electron chi connectivity index (χ3n) is 5.16. The molecule has 164 valence electrons. The Balaban J connectivity index is 1.73. The highest BCUT2D eigenvalue weighted by molar-refractivity contribution is 7.89. The predicted molar refractivity (Wildman–Crippen MR) is 118 cm³/mol. The molecule has 0 spiro atoms. The number of sulfonamides is 1. The summed E-state index contributed by atoms with van der Waals surface area (Å²) >= 11 is 6.28. The molecule has 3 rings (SSSR count). The number of nitrogens with zero attached hydrogens (tertiary/aromatic N) is 1. The van der Waals surface area contributed by atoms with Crippen LogP contribution in [0.2, 0.25) is 5.02 Å². The number of benzene rings is 2. The van der Waals surface area contributed by atoms with E-state index in [4.69, 9.17) is 18.0 Å². The summed E-state index contributed by atoms with van der Waals surface area (Å²) in [5.41, 5.74) is 0.656. The standard InChI is InChI=1S/C22H23ClFN3O3S/c1-2-12-26-31(29,30)17-10-8-16(9-11-17)22(28)25-15-20(27-13-3-4-14-27)21-18(23)6-5-7-19(21)24/h1,5-11,20,26H,3-4,12-15H2,(H,25,28). The molecule has 0 saturated carbocycles. The van der Waals surface area contributed by atoms with Gasteiger partial charge in [0.15, 0.2) is 0 Å². The second kappa shape index (κ2) is 10.2. The quantitative estimate of drug-likeness (QED) is 0.590. The first-order chi connectivity index (χ1) is 14.8. The summed E-state index contributed by atoms with van der Waals surface area (Å²) in [6.07, 6.45) is 7.08. The molecule has 1 aliphatic rings. The molecule has 1 amide bonds. The lowest BCUT2D eigenvalue weighted by Gasteiger charge is -2.29. The summed E-state index contributed by atoms with van der Waals surface area (Å²) in [4.78, 5) is 14.8. The molecule has 9 heteroatoms. The molecule has 0 bridgehead atoms. The van der Waals surface area contributed by atoms with Crippen LogP contribution >= 0.6 is 11.6 Å². The second-order valence-electron chi connectivity index (χ2n) is 7.16. The van der Waals surface area contributed by atoms with E-state index in [0.29, 0.717) is 10.6 Å². The molecule has 1 unspecified atom stereocenters. The number of hydrogen-bond acceptors (Lipinski definition) is 4. The van der Waals surface area contributed by atoms with Gasteiger partial charge in [-0.2, -0.15) is 4.72 Å². The lowest BCUT2D eigenvalue weighted by Crippen LogP contribution is -2.37. The Labute approximate surface area is 186 Å². The Hall–Kier alpha value is -2.44. The minimum absolute atomic E-state index is 0.00683. The van der Waals surface area contributed by atoms with Gasteiger partial charge in [-0.3, -0.25) is 9.69 Å². The predicted octanol–water partition coefficient (Wildman–Crippen LogP) is 2.96. The highest BCUT2D eigenvalue weighted by atomic mass is 35.5. The summed E-state index contributed by atoms with van der Waals surface area (Å²) in [6, 6.07) is 9.65. The molecule has 0 radical (unpaired) electrons. The molecule has 1 saturated heterocycles. The van der Waals surface area contributed by atoms with Crippen molar-refractivity contribution >= 4 is 27.5 Å². The third-order valence-corrected chi connectivity index (χ3v) is 6.91. The van der Waals surface area contributed by atoms with Crippen LogP contribution in [-0.2, 0) is 10.0 Å². The molecule has 1 heterocycles. The van der Waals surface area contributed by atoms with Crippen LogP contribution in [0, 0.1) is 18.2 Å². The average molecular weight is 464 g/mol. The van der Waals surface area contributed by atoms with Crippen molar-refractivity contribution in [3.8, 4) is 12.3 Å². The third kappa shape index (κ3) is 5.63. The van der Waals surface area contributed by atoms with E-state index < -0.39 is 27.8 Å². The molecular formula is C22H23ClFN3O3S. The fourth-order valence-corrected chi connectivity index (χ4v) is 4.82. The summed E-state index contributed by atoms with van der Waals surface area (Å²) in [7, 11) is -3.73. The Morgan fingerprint density at radius 1 is 1.19 bits per heavy atom. The van der Waals surface area contributed by atoms with E-state index in [1.165, 1.54) is 30.3 Å². The normalized spacial score (nSPS) is 15.4. The van der Waals surface area contributed by atoms with Gasteiger partial charge in [0.1, 0.15) is 5.82 Å². The van der Waals surface area contributed by atoms with Crippen LogP contribution in [-0.4, -0.2) is 45.4 Å². The van der Waals surface area contributed by atoms with E-state index in [-0.39, 0.29) is 23.5 Å². The molecule has 1 atom stereocenters. The zero-order valence-corrected chi connectivity index (χ0v) is 18.3. The highest BCUT2D eigenvalue weighted by Crippen LogP contribution is 2.32. The van der Waals surface area contributed by atoms with Gasteiger partial charge in [0, 0.05) is 22.7 Å². The fourth-order valence-electron chi connectivity index (χ4n) is 3.59. The van der Waals surface area contributed by atoms with E-state index in [1.807, 2.05) is 0 Å². The van der Waals surface area contributed by atoms with Crippen molar-refractivity contribution in [3.05, 3.63) is 64.4 Å². The topological polar surface area (TPSA) is 78.5 Å². The van der Waals surface area contributed by atoms with Gasteiger partial charge in [0.2, 0.25) is 10.0 Å². The number of carbonyl (C=O) groups excluding carboxylic acids is 1. The van der Waals surface area contributed by atoms with Crippen LogP contribution in [0.3, 0.4) is 0 Å². The second-order valence-corrected chi connectivity index (χ2v) is 9.33. The van der Waals surface area contributed by atoms with E-state index in [2.05, 4.69) is 20.9 Å². The molecule has 1 fully saturated rings. The maximum atomic E-state index is 14.5. The van der Waals surface area contributed by atoms with Gasteiger partial charge in [-0.25, -0.2) is 12.8 Å². The number of halogens is 2. The van der Waals surface area contributed by atoms with Gasteiger partial charge in [-0.1, -0.05) is 23.6 Å². The Kier molecular flexibility index (Phi) is 7.68. The van der Waals surface area contributed by atoms with Crippen LogP contribution in [0.5, 0.6) is 0 Å². The van der Waals surface area contributed by atoms with Crippen molar-refractivity contribution in [2.45, 2.75) is 23.8 Å². The van der Waals surface area contributed by atoms with Crippen LogP contribution in [0.1, 0.15) is 34.8 Å². The minimum Gasteiger partial charge on any atom is -0.350 e. The van der Waals surface area contributed by atoms with Gasteiger partial charge < -0.3 is 5.32 Å². The van der Waals surface area contributed by atoms with Crippen molar-refractivity contribution in [3.63, 3.8) is 0 Å². The summed E-state index contributed by atoms with van der Waals surface area (Å²) in [6.45, 7) is 1.63. The zero-order valence-electron chi connectivity index (χ0n) is 16.8.